The summed E-state index contributed by atoms with van der Waals surface area (Å²) in [6, 6.07) is 21.0. The lowest BCUT2D eigenvalue weighted by molar-refractivity contribution is -0.127. The zero-order valence-corrected chi connectivity index (χ0v) is 18.8. The first-order valence-electron chi connectivity index (χ1n) is 10.5. The third-order valence-electron chi connectivity index (χ3n) is 5.15. The molecule has 0 radical (unpaired) electrons. The summed E-state index contributed by atoms with van der Waals surface area (Å²) in [5.41, 5.74) is 5.63. The van der Waals surface area contributed by atoms with Gasteiger partial charge in [-0.1, -0.05) is 35.9 Å². The minimum Gasteiger partial charge on any atom is -0.484 e. The van der Waals surface area contributed by atoms with Crippen LogP contribution in [0.3, 0.4) is 0 Å². The number of hydrogen-bond acceptors (Lipinski definition) is 4. The molecule has 0 aliphatic carbocycles. The van der Waals surface area contributed by atoms with E-state index in [1.54, 1.807) is 30.5 Å². The van der Waals surface area contributed by atoms with Gasteiger partial charge in [0.15, 0.2) is 6.61 Å². The third kappa shape index (κ3) is 5.32. The lowest BCUT2D eigenvalue weighted by atomic mass is 10.1. The van der Waals surface area contributed by atoms with Gasteiger partial charge in [-0.25, -0.2) is 5.43 Å². The van der Waals surface area contributed by atoms with Crippen LogP contribution in [0.25, 0.3) is 21.8 Å². The van der Waals surface area contributed by atoms with Crippen molar-refractivity contribution in [3.05, 3.63) is 77.3 Å². The molecule has 168 valence electrons. The second-order valence-corrected chi connectivity index (χ2v) is 7.79. The summed E-state index contributed by atoms with van der Waals surface area (Å²) in [6.07, 6.45) is 1.58. The molecule has 2 amide bonds. The molecule has 0 fully saturated rings. The van der Waals surface area contributed by atoms with Crippen molar-refractivity contribution in [3.63, 3.8) is 0 Å². The molecule has 0 saturated heterocycles. The Morgan fingerprint density at radius 2 is 1.76 bits per heavy atom. The molecule has 7 nitrogen and oxygen atoms in total. The van der Waals surface area contributed by atoms with Crippen LogP contribution < -0.4 is 15.5 Å². The average molecular weight is 463 g/mol. The summed E-state index contributed by atoms with van der Waals surface area (Å²) < 4.78 is 7.61. The first-order chi connectivity index (χ1) is 16.0. The maximum absolute atomic E-state index is 12.0. The molecule has 8 heteroatoms. The van der Waals surface area contributed by atoms with Crippen molar-refractivity contribution in [1.82, 2.24) is 15.3 Å². The van der Waals surface area contributed by atoms with Crippen LogP contribution in [-0.2, 0) is 16.1 Å². The number of fused-ring (bicyclic) bond motifs is 3. The molecular formula is C25H23ClN4O3. The van der Waals surface area contributed by atoms with Crippen molar-refractivity contribution in [2.45, 2.75) is 13.5 Å². The lowest BCUT2D eigenvalue weighted by Crippen LogP contribution is -2.37. The smallest absolute Gasteiger partial charge is 0.259 e. The topological polar surface area (TPSA) is 84.7 Å². The van der Waals surface area contributed by atoms with Crippen molar-refractivity contribution in [3.8, 4) is 5.75 Å². The van der Waals surface area contributed by atoms with Gasteiger partial charge in [0.25, 0.3) is 11.8 Å². The molecule has 4 rings (SSSR count). The third-order valence-corrected chi connectivity index (χ3v) is 5.40. The monoisotopic (exact) mass is 462 g/mol. The van der Waals surface area contributed by atoms with Crippen LogP contribution in [0.5, 0.6) is 5.75 Å². The number of amides is 2. The van der Waals surface area contributed by atoms with Gasteiger partial charge in [-0.15, -0.1) is 0 Å². The Bertz CT molecular complexity index is 1330. The highest BCUT2D eigenvalue weighted by atomic mass is 35.5. The second-order valence-electron chi connectivity index (χ2n) is 7.35. The maximum atomic E-state index is 12.0. The number of carbonyl (C=O) groups excluding carboxylic acids is 2. The molecular weight excluding hydrogens is 440 g/mol. The highest BCUT2D eigenvalue weighted by Gasteiger charge is 2.09. The predicted octanol–water partition coefficient (Wildman–Crippen LogP) is 4.11. The minimum absolute atomic E-state index is 0.205. The molecule has 0 aliphatic rings. The first kappa shape index (κ1) is 22.4. The lowest BCUT2D eigenvalue weighted by Gasteiger charge is -2.07. The minimum atomic E-state index is -0.435. The number of nitrogens with zero attached hydrogens (tertiary/aromatic N) is 2. The SMILES string of the molecule is CCn1c2ccccc2c2cc(/C=N\NC(=O)CNC(=O)COc3ccc(Cl)cc3)ccc21. The zero-order chi connectivity index (χ0) is 23.2. The Morgan fingerprint density at radius 1 is 1.00 bits per heavy atom. The number of nitrogens with one attached hydrogen (secondary N) is 2. The molecule has 0 aliphatic heterocycles. The molecule has 0 bridgehead atoms. The fourth-order valence-electron chi connectivity index (χ4n) is 3.62. The largest absolute Gasteiger partial charge is 0.484 e. The average Bonchev–Trinajstić information content (AvgIpc) is 3.15. The molecule has 4 aromatic rings. The maximum Gasteiger partial charge on any atom is 0.259 e. The van der Waals surface area contributed by atoms with E-state index in [1.807, 2.05) is 18.2 Å². The number of halogens is 1. The standard InChI is InChI=1S/C25H23ClN4O3/c1-2-30-22-6-4-3-5-20(22)21-13-17(7-12-23(21)30)14-28-29-24(31)15-27-25(32)16-33-19-10-8-18(26)9-11-19/h3-14H,2,15-16H2,1H3,(H,27,32)(H,29,31)/b28-14-. The van der Waals surface area contributed by atoms with Crippen molar-refractivity contribution < 1.29 is 14.3 Å². The first-order valence-corrected chi connectivity index (χ1v) is 10.9. The molecule has 3 aromatic carbocycles. The molecule has 1 heterocycles. The van der Waals surface area contributed by atoms with Crippen molar-refractivity contribution in [1.29, 1.82) is 0 Å². The molecule has 0 atom stereocenters. The van der Waals surface area contributed by atoms with Crippen LogP contribution >= 0.6 is 11.6 Å². The summed E-state index contributed by atoms with van der Waals surface area (Å²) in [6.45, 7) is 2.59. The summed E-state index contributed by atoms with van der Waals surface area (Å²) in [4.78, 5) is 23.8. The van der Waals surface area contributed by atoms with E-state index in [0.717, 1.165) is 23.0 Å². The van der Waals surface area contributed by atoms with E-state index in [-0.39, 0.29) is 13.2 Å². The number of para-hydroxylation sites is 1. The predicted molar refractivity (Wildman–Crippen MR) is 131 cm³/mol. The van der Waals surface area contributed by atoms with Gasteiger partial charge >= 0.3 is 0 Å². The van der Waals surface area contributed by atoms with Crippen molar-refractivity contribution in [2.24, 2.45) is 5.10 Å². The van der Waals surface area contributed by atoms with Gasteiger partial charge in [0, 0.05) is 33.4 Å². The Labute approximate surface area is 196 Å². The van der Waals surface area contributed by atoms with E-state index in [9.17, 15) is 9.59 Å². The van der Waals surface area contributed by atoms with E-state index in [4.69, 9.17) is 16.3 Å². The Balaban J connectivity index is 1.30. The number of benzene rings is 3. The van der Waals surface area contributed by atoms with Gasteiger partial charge in [-0.3, -0.25) is 9.59 Å². The molecule has 1 aromatic heterocycles. The number of ether oxygens (including phenoxy) is 1. The van der Waals surface area contributed by atoms with Gasteiger partial charge in [0.2, 0.25) is 0 Å². The molecule has 0 unspecified atom stereocenters. The van der Waals surface area contributed by atoms with Gasteiger partial charge in [-0.05, 0) is 55.0 Å². The van der Waals surface area contributed by atoms with Crippen LogP contribution in [0.2, 0.25) is 5.02 Å². The van der Waals surface area contributed by atoms with Gasteiger partial charge in [0.1, 0.15) is 5.75 Å². The van der Waals surface area contributed by atoms with Crippen molar-refractivity contribution in [2.75, 3.05) is 13.2 Å². The van der Waals surface area contributed by atoms with E-state index >= 15 is 0 Å². The van der Waals surface area contributed by atoms with Crippen molar-refractivity contribution >= 4 is 51.4 Å². The number of hydrogen-bond donors (Lipinski definition) is 2. The summed E-state index contributed by atoms with van der Waals surface area (Å²) in [5, 5.41) is 9.39. The zero-order valence-electron chi connectivity index (χ0n) is 18.0. The second kappa shape index (κ2) is 10.2. The van der Waals surface area contributed by atoms with Crippen LogP contribution in [-0.4, -0.2) is 35.7 Å². The van der Waals surface area contributed by atoms with E-state index in [2.05, 4.69) is 51.6 Å². The highest BCUT2D eigenvalue weighted by Crippen LogP contribution is 2.29. The van der Waals surface area contributed by atoms with Crippen LogP contribution in [0.15, 0.2) is 71.8 Å². The normalized spacial score (nSPS) is 11.2. The van der Waals surface area contributed by atoms with E-state index in [0.29, 0.717) is 10.8 Å². The fraction of sp³-hybridized carbons (Fsp3) is 0.160. The molecule has 0 saturated carbocycles. The Hall–Kier alpha value is -3.84. The number of aromatic nitrogens is 1. The quantitative estimate of drug-likeness (QED) is 0.305. The number of rotatable bonds is 8. The number of aryl methyl sites for hydroxylation is 1. The van der Waals surface area contributed by atoms with E-state index < -0.39 is 11.8 Å². The summed E-state index contributed by atoms with van der Waals surface area (Å²) >= 11 is 5.80. The van der Waals surface area contributed by atoms with Crippen LogP contribution in [0.4, 0.5) is 0 Å². The van der Waals surface area contributed by atoms with Crippen LogP contribution in [0.1, 0.15) is 12.5 Å². The summed E-state index contributed by atoms with van der Waals surface area (Å²) in [7, 11) is 0. The van der Waals surface area contributed by atoms with Crippen LogP contribution in [0, 0.1) is 0 Å². The summed E-state index contributed by atoms with van der Waals surface area (Å²) in [5.74, 6) is -0.334. The van der Waals surface area contributed by atoms with E-state index in [1.165, 1.54) is 10.9 Å². The molecule has 2 N–H and O–H groups in total. The number of carbonyl (C=O) groups is 2. The Morgan fingerprint density at radius 3 is 2.55 bits per heavy atom. The molecule has 0 spiro atoms. The van der Waals surface area contributed by atoms with Gasteiger partial charge in [0.05, 0.1) is 12.8 Å². The Kier molecular flexibility index (Phi) is 6.90. The van der Waals surface area contributed by atoms with Gasteiger partial charge in [-0.2, -0.15) is 5.10 Å². The van der Waals surface area contributed by atoms with Gasteiger partial charge < -0.3 is 14.6 Å². The molecule has 33 heavy (non-hydrogen) atoms. The number of hydrazone groups is 1. The fourth-order valence-corrected chi connectivity index (χ4v) is 3.75. The highest BCUT2D eigenvalue weighted by molar-refractivity contribution is 6.30.